The molecule has 0 bridgehead atoms. The lowest BCUT2D eigenvalue weighted by Crippen LogP contribution is -2.14. The number of anilines is 1. The highest BCUT2D eigenvalue weighted by Crippen LogP contribution is 2.25. The van der Waals surface area contributed by atoms with Gasteiger partial charge in [0.2, 0.25) is 0 Å². The van der Waals surface area contributed by atoms with Gasteiger partial charge in [0.05, 0.1) is 21.1 Å². The number of rotatable bonds is 13. The number of phenolic OH excluding ortho intramolecular Hbond substituents is 1. The van der Waals surface area contributed by atoms with Crippen molar-refractivity contribution in [2.75, 3.05) is 11.1 Å². The summed E-state index contributed by atoms with van der Waals surface area (Å²) in [5.74, 6) is -1.08. The highest BCUT2D eigenvalue weighted by molar-refractivity contribution is 7.91. The van der Waals surface area contributed by atoms with Gasteiger partial charge in [-0.25, -0.2) is 8.42 Å². The van der Waals surface area contributed by atoms with Gasteiger partial charge in [0.25, 0.3) is 11.6 Å². The second kappa shape index (κ2) is 12.2. The standard InChI is InChI=1S/C23H30N2O6S/c1-2-3-4-5-6-7-8-9-16-32(30,31)20-14-15-22(26)21(17-20)23(27)24-18-10-12-19(13-11-18)25(28)29/h10-15,17,26H,2-9,16H2,1H3,(H,24,27). The SMILES string of the molecule is CCCCCCCCCCS(=O)(=O)c1ccc(O)c(C(=O)Nc2ccc([N+](=O)[O-])cc2)c1. The number of hydrogen-bond donors (Lipinski definition) is 2. The van der Waals surface area contributed by atoms with E-state index in [1.165, 1.54) is 62.1 Å². The number of phenols is 1. The molecule has 0 aromatic heterocycles. The molecule has 0 atom stereocenters. The number of nitrogens with one attached hydrogen (secondary N) is 1. The molecule has 9 heteroatoms. The van der Waals surface area contributed by atoms with Crippen molar-refractivity contribution in [2.24, 2.45) is 0 Å². The average Bonchev–Trinajstić information content (AvgIpc) is 2.76. The van der Waals surface area contributed by atoms with Crippen LogP contribution in [0.5, 0.6) is 5.75 Å². The van der Waals surface area contributed by atoms with Crippen molar-refractivity contribution < 1.29 is 23.2 Å². The van der Waals surface area contributed by atoms with Crippen LogP contribution in [-0.2, 0) is 9.84 Å². The zero-order valence-electron chi connectivity index (χ0n) is 18.2. The molecule has 0 saturated heterocycles. The molecule has 8 nitrogen and oxygen atoms in total. The Labute approximate surface area is 188 Å². The van der Waals surface area contributed by atoms with Crippen LogP contribution < -0.4 is 5.32 Å². The number of nitro groups is 1. The van der Waals surface area contributed by atoms with Crippen LogP contribution >= 0.6 is 0 Å². The van der Waals surface area contributed by atoms with E-state index in [2.05, 4.69) is 12.2 Å². The van der Waals surface area contributed by atoms with Gasteiger partial charge >= 0.3 is 0 Å². The molecule has 0 fully saturated rings. The van der Waals surface area contributed by atoms with Gasteiger partial charge in [-0.05, 0) is 36.8 Å². The zero-order chi connectivity index (χ0) is 23.6. The number of unbranched alkanes of at least 4 members (excludes halogenated alkanes) is 7. The molecule has 1 amide bonds. The van der Waals surface area contributed by atoms with Crippen LogP contribution in [-0.4, -0.2) is 30.1 Å². The van der Waals surface area contributed by atoms with E-state index in [1.807, 2.05) is 0 Å². The highest BCUT2D eigenvalue weighted by Gasteiger charge is 2.19. The molecule has 0 aliphatic carbocycles. The fourth-order valence-corrected chi connectivity index (χ4v) is 4.69. The van der Waals surface area contributed by atoms with Gasteiger partial charge in [0.15, 0.2) is 9.84 Å². The van der Waals surface area contributed by atoms with Crippen LogP contribution in [0.2, 0.25) is 0 Å². The third-order valence-electron chi connectivity index (χ3n) is 5.17. The first kappa shape index (κ1) is 25.3. The number of carbonyl (C=O) groups is 1. The lowest BCUT2D eigenvalue weighted by Gasteiger charge is -2.10. The molecular formula is C23H30N2O6S. The minimum absolute atomic E-state index is 0.0177. The Balaban J connectivity index is 1.97. The molecule has 174 valence electrons. The van der Waals surface area contributed by atoms with E-state index in [9.17, 15) is 28.4 Å². The summed E-state index contributed by atoms with van der Waals surface area (Å²) in [4.78, 5) is 22.7. The van der Waals surface area contributed by atoms with Gasteiger partial charge in [-0.3, -0.25) is 14.9 Å². The van der Waals surface area contributed by atoms with E-state index in [-0.39, 0.29) is 33.3 Å². The number of nitrogens with zero attached hydrogens (tertiary/aromatic N) is 1. The molecule has 2 N–H and O–H groups in total. The van der Waals surface area contributed by atoms with Crippen LogP contribution in [0.25, 0.3) is 0 Å². The minimum Gasteiger partial charge on any atom is -0.507 e. The summed E-state index contributed by atoms with van der Waals surface area (Å²) in [6.07, 6.45) is 8.29. The lowest BCUT2D eigenvalue weighted by molar-refractivity contribution is -0.384. The molecule has 0 radical (unpaired) electrons. The summed E-state index contributed by atoms with van der Waals surface area (Å²) < 4.78 is 25.3. The van der Waals surface area contributed by atoms with E-state index in [1.54, 1.807) is 0 Å². The number of benzene rings is 2. The van der Waals surface area contributed by atoms with E-state index in [0.717, 1.165) is 25.3 Å². The third-order valence-corrected chi connectivity index (χ3v) is 6.97. The van der Waals surface area contributed by atoms with Crippen molar-refractivity contribution >= 4 is 27.1 Å². The van der Waals surface area contributed by atoms with Crippen molar-refractivity contribution in [3.8, 4) is 5.75 Å². The van der Waals surface area contributed by atoms with Crippen LogP contribution in [0, 0.1) is 10.1 Å². The molecule has 2 aromatic rings. The topological polar surface area (TPSA) is 127 Å². The first-order chi connectivity index (χ1) is 15.2. The predicted octanol–water partition coefficient (Wildman–Crippen LogP) is 5.47. The number of sulfone groups is 1. The Morgan fingerprint density at radius 3 is 2.16 bits per heavy atom. The van der Waals surface area contributed by atoms with Crippen molar-refractivity contribution in [3.05, 3.63) is 58.1 Å². The van der Waals surface area contributed by atoms with E-state index in [4.69, 9.17) is 0 Å². The van der Waals surface area contributed by atoms with Gasteiger partial charge in [-0.1, -0.05) is 51.9 Å². The van der Waals surface area contributed by atoms with Gasteiger partial charge in [0.1, 0.15) is 5.75 Å². The summed E-state index contributed by atoms with van der Waals surface area (Å²) >= 11 is 0. The van der Waals surface area contributed by atoms with E-state index < -0.39 is 20.7 Å². The molecule has 0 unspecified atom stereocenters. The molecule has 0 heterocycles. The van der Waals surface area contributed by atoms with Crippen LogP contribution in [0.15, 0.2) is 47.4 Å². The van der Waals surface area contributed by atoms with Gasteiger partial charge in [-0.2, -0.15) is 0 Å². The fourth-order valence-electron chi connectivity index (χ4n) is 3.30. The van der Waals surface area contributed by atoms with E-state index >= 15 is 0 Å². The summed E-state index contributed by atoms with van der Waals surface area (Å²) in [5, 5.41) is 23.3. The van der Waals surface area contributed by atoms with Gasteiger partial charge < -0.3 is 10.4 Å². The Hall–Kier alpha value is -2.94. The van der Waals surface area contributed by atoms with Gasteiger partial charge in [-0.15, -0.1) is 0 Å². The van der Waals surface area contributed by atoms with Crippen molar-refractivity contribution in [3.63, 3.8) is 0 Å². The molecule has 32 heavy (non-hydrogen) atoms. The van der Waals surface area contributed by atoms with Crippen molar-refractivity contribution in [1.82, 2.24) is 0 Å². The van der Waals surface area contributed by atoms with Crippen molar-refractivity contribution in [1.29, 1.82) is 0 Å². The maximum atomic E-state index is 12.7. The van der Waals surface area contributed by atoms with Crippen LogP contribution in [0.1, 0.15) is 68.6 Å². The largest absolute Gasteiger partial charge is 0.507 e. The number of non-ortho nitro benzene ring substituents is 1. The Morgan fingerprint density at radius 2 is 1.56 bits per heavy atom. The van der Waals surface area contributed by atoms with Gasteiger partial charge in [0, 0.05) is 17.8 Å². The number of aromatic hydroxyl groups is 1. The third kappa shape index (κ3) is 7.64. The molecule has 0 spiro atoms. The Morgan fingerprint density at radius 1 is 0.969 bits per heavy atom. The molecule has 0 aliphatic rings. The Bertz CT molecular complexity index is 1020. The first-order valence-electron chi connectivity index (χ1n) is 10.9. The zero-order valence-corrected chi connectivity index (χ0v) is 19.1. The smallest absolute Gasteiger partial charge is 0.269 e. The fraction of sp³-hybridized carbons (Fsp3) is 0.435. The number of nitro benzene ring substituents is 1. The molecule has 2 aromatic carbocycles. The molecule has 0 aliphatic heterocycles. The number of carbonyl (C=O) groups excluding carboxylic acids is 1. The summed E-state index contributed by atoms with van der Waals surface area (Å²) in [6, 6.07) is 8.83. The monoisotopic (exact) mass is 462 g/mol. The average molecular weight is 463 g/mol. The number of hydrogen-bond acceptors (Lipinski definition) is 6. The first-order valence-corrected chi connectivity index (χ1v) is 12.5. The maximum absolute atomic E-state index is 12.7. The maximum Gasteiger partial charge on any atom is 0.269 e. The highest BCUT2D eigenvalue weighted by atomic mass is 32.2. The molecular weight excluding hydrogens is 432 g/mol. The normalized spacial score (nSPS) is 11.3. The lowest BCUT2D eigenvalue weighted by atomic mass is 10.1. The van der Waals surface area contributed by atoms with E-state index in [0.29, 0.717) is 6.42 Å². The van der Waals surface area contributed by atoms with Crippen LogP contribution in [0.3, 0.4) is 0 Å². The quantitative estimate of drug-likeness (QED) is 0.231. The minimum atomic E-state index is -3.59. The molecule has 0 saturated carbocycles. The summed E-state index contributed by atoms with van der Waals surface area (Å²) in [6.45, 7) is 2.17. The predicted molar refractivity (Wildman–Crippen MR) is 124 cm³/mol. The summed E-state index contributed by atoms with van der Waals surface area (Å²) in [7, 11) is -3.59. The number of amides is 1. The molecule has 2 rings (SSSR count). The summed E-state index contributed by atoms with van der Waals surface area (Å²) in [5.41, 5.74) is -0.0209. The Kier molecular flexibility index (Phi) is 9.64. The second-order valence-electron chi connectivity index (χ2n) is 7.73. The second-order valence-corrected chi connectivity index (χ2v) is 9.84. The van der Waals surface area contributed by atoms with Crippen molar-refractivity contribution in [2.45, 2.75) is 63.2 Å². The van der Waals surface area contributed by atoms with Crippen LogP contribution in [0.4, 0.5) is 11.4 Å².